The fourth-order valence-electron chi connectivity index (χ4n) is 1.91. The molecule has 5 heteroatoms. The van der Waals surface area contributed by atoms with Gasteiger partial charge in [-0.2, -0.15) is 0 Å². The minimum absolute atomic E-state index is 0.00852. The fourth-order valence-corrected chi connectivity index (χ4v) is 3.12. The van der Waals surface area contributed by atoms with Gasteiger partial charge >= 0.3 is 5.97 Å². The molecule has 0 radical (unpaired) electrons. The largest absolute Gasteiger partial charge is 0.480 e. The molecule has 0 spiro atoms. The highest BCUT2D eigenvalue weighted by Gasteiger charge is 2.30. The molecule has 1 aromatic carbocycles. The molecule has 1 aliphatic rings. The first-order chi connectivity index (χ1) is 9.11. The Morgan fingerprint density at radius 3 is 2.89 bits per heavy atom. The lowest BCUT2D eigenvalue weighted by molar-refractivity contribution is -0.141. The van der Waals surface area contributed by atoms with Crippen LogP contribution in [0.4, 0.5) is 0 Å². The number of nitrogens with one attached hydrogen (secondary N) is 1. The minimum atomic E-state index is -1.10. The van der Waals surface area contributed by atoms with Gasteiger partial charge in [0.15, 0.2) is 0 Å². The highest BCUT2D eigenvalue weighted by atomic mass is 32.2. The Morgan fingerprint density at radius 1 is 1.53 bits per heavy atom. The Morgan fingerprint density at radius 2 is 2.26 bits per heavy atom. The third-order valence-electron chi connectivity index (χ3n) is 2.88. The van der Waals surface area contributed by atoms with E-state index in [9.17, 15) is 9.59 Å². The van der Waals surface area contributed by atoms with E-state index in [1.807, 2.05) is 24.3 Å². The molecule has 0 saturated carbocycles. The first kappa shape index (κ1) is 13.5. The molecule has 0 fully saturated rings. The van der Waals surface area contributed by atoms with Crippen LogP contribution < -0.4 is 5.32 Å². The van der Waals surface area contributed by atoms with Crippen molar-refractivity contribution in [1.82, 2.24) is 5.32 Å². The number of carbonyl (C=O) groups is 2. The molecule has 1 amide bonds. The first-order valence-electron chi connectivity index (χ1n) is 5.83. The van der Waals surface area contributed by atoms with Crippen molar-refractivity contribution in [1.29, 1.82) is 0 Å². The second kappa shape index (κ2) is 5.81. The molecule has 2 rings (SSSR count). The lowest BCUT2D eigenvalue weighted by Crippen LogP contribution is -2.44. The van der Waals surface area contributed by atoms with Gasteiger partial charge in [0.1, 0.15) is 6.04 Å². The van der Waals surface area contributed by atoms with Crippen LogP contribution in [0.3, 0.4) is 0 Å². The average molecular weight is 275 g/mol. The number of terminal acetylenes is 1. The van der Waals surface area contributed by atoms with Crippen LogP contribution >= 0.6 is 11.8 Å². The number of hydrogen-bond donors (Lipinski definition) is 2. The van der Waals surface area contributed by atoms with Gasteiger partial charge in [0, 0.05) is 11.3 Å². The molecule has 0 aromatic heterocycles. The summed E-state index contributed by atoms with van der Waals surface area (Å²) in [4.78, 5) is 24.1. The van der Waals surface area contributed by atoms with Crippen molar-refractivity contribution < 1.29 is 14.7 Å². The monoisotopic (exact) mass is 275 g/mol. The number of thioether (sulfide) groups is 1. The number of hydrogen-bond acceptors (Lipinski definition) is 3. The zero-order chi connectivity index (χ0) is 13.8. The number of fused-ring (bicyclic) bond motifs is 1. The molecule has 1 aliphatic heterocycles. The maximum Gasteiger partial charge on any atom is 0.327 e. The number of rotatable bonds is 4. The molecule has 98 valence electrons. The van der Waals surface area contributed by atoms with Crippen molar-refractivity contribution in [3.63, 3.8) is 0 Å². The van der Waals surface area contributed by atoms with Gasteiger partial charge in [0.25, 0.3) is 0 Å². The quantitative estimate of drug-likeness (QED) is 0.813. The van der Waals surface area contributed by atoms with E-state index in [2.05, 4.69) is 11.2 Å². The van der Waals surface area contributed by atoms with E-state index in [4.69, 9.17) is 11.5 Å². The Balaban J connectivity index is 1.99. The summed E-state index contributed by atoms with van der Waals surface area (Å²) in [7, 11) is 0. The summed E-state index contributed by atoms with van der Waals surface area (Å²) in [6, 6.07) is 6.78. The van der Waals surface area contributed by atoms with Crippen molar-refractivity contribution in [2.75, 3.05) is 0 Å². The van der Waals surface area contributed by atoms with Gasteiger partial charge in [-0.3, -0.25) is 4.79 Å². The van der Waals surface area contributed by atoms with E-state index in [0.29, 0.717) is 6.42 Å². The molecule has 19 heavy (non-hydrogen) atoms. The van der Waals surface area contributed by atoms with Crippen LogP contribution in [0.15, 0.2) is 29.2 Å². The number of carboxylic acids is 1. The van der Waals surface area contributed by atoms with Gasteiger partial charge in [-0.15, -0.1) is 24.1 Å². The zero-order valence-electron chi connectivity index (χ0n) is 10.1. The predicted octanol–water partition coefficient (Wildman–Crippen LogP) is 1.30. The fraction of sp³-hybridized carbons (Fsp3) is 0.286. The lowest BCUT2D eigenvalue weighted by Gasteiger charge is -2.14. The Labute approximate surface area is 115 Å². The van der Waals surface area contributed by atoms with Crippen LogP contribution in [0.1, 0.15) is 12.0 Å². The molecule has 0 bridgehead atoms. The summed E-state index contributed by atoms with van der Waals surface area (Å²) in [5, 5.41) is 11.2. The summed E-state index contributed by atoms with van der Waals surface area (Å²) in [5.41, 5.74) is 1.12. The van der Waals surface area contributed by atoms with Gasteiger partial charge in [0.05, 0.1) is 5.25 Å². The summed E-state index contributed by atoms with van der Waals surface area (Å²) >= 11 is 1.46. The molecule has 1 heterocycles. The molecule has 1 aromatic rings. The average Bonchev–Trinajstić information content (AvgIpc) is 2.81. The topological polar surface area (TPSA) is 66.4 Å². The normalized spacial score (nSPS) is 18.2. The van der Waals surface area contributed by atoms with Crippen LogP contribution in [0.25, 0.3) is 0 Å². The van der Waals surface area contributed by atoms with Crippen LogP contribution in [0.5, 0.6) is 0 Å². The Kier molecular flexibility index (Phi) is 4.13. The van der Waals surface area contributed by atoms with Gasteiger partial charge in [-0.05, 0) is 18.1 Å². The minimum Gasteiger partial charge on any atom is -0.480 e. The van der Waals surface area contributed by atoms with Crippen molar-refractivity contribution in [3.8, 4) is 12.3 Å². The number of carboxylic acid groups (broad SMARTS) is 1. The molecule has 2 unspecified atom stereocenters. The summed E-state index contributed by atoms with van der Waals surface area (Å²) in [6.07, 6.45) is 5.71. The Hall–Kier alpha value is -1.93. The van der Waals surface area contributed by atoms with E-state index in [1.54, 1.807) is 0 Å². The summed E-state index contributed by atoms with van der Waals surface area (Å²) in [6.45, 7) is 0. The van der Waals surface area contributed by atoms with Gasteiger partial charge in [-0.1, -0.05) is 18.2 Å². The van der Waals surface area contributed by atoms with Crippen LogP contribution in [-0.4, -0.2) is 28.3 Å². The number of carbonyl (C=O) groups excluding carboxylic acids is 1. The van der Waals surface area contributed by atoms with Gasteiger partial charge in [-0.25, -0.2) is 4.79 Å². The van der Waals surface area contributed by atoms with Crippen molar-refractivity contribution >= 4 is 23.6 Å². The molecule has 2 N–H and O–H groups in total. The molecular weight excluding hydrogens is 262 g/mol. The Bertz CT molecular complexity index is 525. The molecular formula is C14H13NO3S. The second-order valence-corrected chi connectivity index (χ2v) is 5.47. The number of benzene rings is 1. The van der Waals surface area contributed by atoms with Crippen molar-refractivity contribution in [2.24, 2.45) is 0 Å². The number of amides is 1. The standard InChI is InChI=1S/C14H13NO3S/c1-2-5-10(14(17)18)15-13(16)12-8-9-6-3-4-7-11(9)19-12/h1,3-4,6-7,10,12H,5,8H2,(H,15,16)(H,17,18). The molecule has 0 aliphatic carbocycles. The molecule has 4 nitrogen and oxygen atoms in total. The van der Waals surface area contributed by atoms with Crippen LogP contribution in [0, 0.1) is 12.3 Å². The van der Waals surface area contributed by atoms with E-state index < -0.39 is 12.0 Å². The number of aliphatic carboxylic acids is 1. The second-order valence-electron chi connectivity index (χ2n) is 4.23. The van der Waals surface area contributed by atoms with Crippen LogP contribution in [-0.2, 0) is 16.0 Å². The first-order valence-corrected chi connectivity index (χ1v) is 6.71. The molecule has 0 saturated heterocycles. The van der Waals surface area contributed by atoms with Crippen LogP contribution in [0.2, 0.25) is 0 Å². The highest BCUT2D eigenvalue weighted by Crippen LogP contribution is 2.36. The zero-order valence-corrected chi connectivity index (χ0v) is 10.9. The van der Waals surface area contributed by atoms with E-state index in [-0.39, 0.29) is 17.6 Å². The van der Waals surface area contributed by atoms with E-state index >= 15 is 0 Å². The highest BCUT2D eigenvalue weighted by molar-refractivity contribution is 8.01. The summed E-state index contributed by atoms with van der Waals surface area (Å²) < 4.78 is 0. The smallest absolute Gasteiger partial charge is 0.327 e. The summed E-state index contributed by atoms with van der Waals surface area (Å²) in [5.74, 6) is 0.881. The van der Waals surface area contributed by atoms with Gasteiger partial charge in [0.2, 0.25) is 5.91 Å². The van der Waals surface area contributed by atoms with E-state index in [0.717, 1.165) is 10.5 Å². The van der Waals surface area contributed by atoms with Crippen molar-refractivity contribution in [2.45, 2.75) is 29.0 Å². The SMILES string of the molecule is C#CCC(NC(=O)C1Cc2ccccc2S1)C(=O)O. The van der Waals surface area contributed by atoms with E-state index in [1.165, 1.54) is 11.8 Å². The predicted molar refractivity (Wildman–Crippen MR) is 72.8 cm³/mol. The van der Waals surface area contributed by atoms with Crippen molar-refractivity contribution in [3.05, 3.63) is 29.8 Å². The maximum absolute atomic E-state index is 12.0. The van der Waals surface area contributed by atoms with Gasteiger partial charge < -0.3 is 10.4 Å². The lowest BCUT2D eigenvalue weighted by atomic mass is 10.1. The molecule has 2 atom stereocenters. The third kappa shape index (κ3) is 3.09. The maximum atomic E-state index is 12.0. The third-order valence-corrected chi connectivity index (χ3v) is 4.19.